The Labute approximate surface area is 132 Å². The molecule has 0 saturated heterocycles. The number of halogens is 3. The Balaban J connectivity index is 2.24. The molecule has 0 N–H and O–H groups in total. The molecule has 0 radical (unpaired) electrons. The van der Waals surface area contributed by atoms with Crippen molar-refractivity contribution in [3.8, 4) is 0 Å². The first-order chi connectivity index (χ1) is 9.10. The monoisotopic (exact) mass is 357 g/mol. The van der Waals surface area contributed by atoms with Crippen LogP contribution in [0.15, 0.2) is 42.5 Å². The van der Waals surface area contributed by atoms with Gasteiger partial charge < -0.3 is 4.90 Å². The van der Waals surface area contributed by atoms with Crippen LogP contribution in [0.3, 0.4) is 0 Å². The molecule has 0 bridgehead atoms. The second-order valence-corrected chi connectivity index (χ2v) is 5.83. The van der Waals surface area contributed by atoms with Gasteiger partial charge in [-0.3, -0.25) is 0 Å². The van der Waals surface area contributed by atoms with Gasteiger partial charge in [0, 0.05) is 34.7 Å². The highest BCUT2D eigenvalue weighted by molar-refractivity contribution is 9.08. The third-order valence-corrected chi connectivity index (χ3v) is 3.99. The van der Waals surface area contributed by atoms with E-state index in [4.69, 9.17) is 23.2 Å². The fraction of sp³-hybridized carbons (Fsp3) is 0.200. The minimum atomic E-state index is 0.748. The molecule has 0 aliphatic heterocycles. The van der Waals surface area contributed by atoms with Crippen LogP contribution in [0.4, 0.5) is 5.69 Å². The first-order valence-electron chi connectivity index (χ1n) is 5.90. The maximum Gasteiger partial charge on any atom is 0.0426 e. The van der Waals surface area contributed by atoms with Crippen molar-refractivity contribution in [2.75, 3.05) is 11.9 Å². The SMILES string of the molecule is CN(Cc1cccc(Cl)c1)c1cc(Cl)ccc1CBr. The zero-order valence-electron chi connectivity index (χ0n) is 10.5. The largest absolute Gasteiger partial charge is 0.370 e. The molecule has 0 spiro atoms. The molecule has 2 rings (SSSR count). The van der Waals surface area contributed by atoms with Crippen molar-refractivity contribution >= 4 is 44.8 Å². The average Bonchev–Trinajstić information content (AvgIpc) is 2.38. The van der Waals surface area contributed by atoms with Gasteiger partial charge in [0.05, 0.1) is 0 Å². The Morgan fingerprint density at radius 1 is 1.05 bits per heavy atom. The number of rotatable bonds is 4. The molecule has 0 aliphatic carbocycles. The number of hydrogen-bond donors (Lipinski definition) is 0. The lowest BCUT2D eigenvalue weighted by Gasteiger charge is -2.22. The molecule has 4 heteroatoms. The summed E-state index contributed by atoms with van der Waals surface area (Å²) in [5, 5.41) is 2.31. The molecule has 0 amide bonds. The van der Waals surface area contributed by atoms with E-state index in [1.54, 1.807) is 0 Å². The van der Waals surface area contributed by atoms with Gasteiger partial charge in [-0.2, -0.15) is 0 Å². The van der Waals surface area contributed by atoms with E-state index >= 15 is 0 Å². The lowest BCUT2D eigenvalue weighted by Crippen LogP contribution is -2.17. The number of alkyl halides is 1. The first-order valence-corrected chi connectivity index (χ1v) is 7.78. The van der Waals surface area contributed by atoms with E-state index in [2.05, 4.69) is 33.9 Å². The van der Waals surface area contributed by atoms with Crippen LogP contribution in [-0.4, -0.2) is 7.05 Å². The van der Waals surface area contributed by atoms with Crippen LogP contribution < -0.4 is 4.90 Å². The summed E-state index contributed by atoms with van der Waals surface area (Å²) in [5.41, 5.74) is 3.52. The maximum atomic E-state index is 6.08. The number of anilines is 1. The van der Waals surface area contributed by atoms with Crippen LogP contribution in [0.2, 0.25) is 10.0 Å². The van der Waals surface area contributed by atoms with Gasteiger partial charge in [0.15, 0.2) is 0 Å². The van der Waals surface area contributed by atoms with Gasteiger partial charge in [-0.25, -0.2) is 0 Å². The quantitative estimate of drug-likeness (QED) is 0.650. The van der Waals surface area contributed by atoms with Crippen LogP contribution in [0.1, 0.15) is 11.1 Å². The van der Waals surface area contributed by atoms with Crippen LogP contribution in [0.25, 0.3) is 0 Å². The van der Waals surface area contributed by atoms with E-state index in [0.717, 1.165) is 27.6 Å². The zero-order valence-corrected chi connectivity index (χ0v) is 13.6. The lowest BCUT2D eigenvalue weighted by atomic mass is 10.1. The van der Waals surface area contributed by atoms with Gasteiger partial charge in [-0.05, 0) is 35.4 Å². The highest BCUT2D eigenvalue weighted by Crippen LogP contribution is 2.27. The molecule has 19 heavy (non-hydrogen) atoms. The van der Waals surface area contributed by atoms with Gasteiger partial charge in [0.1, 0.15) is 0 Å². The number of nitrogens with zero attached hydrogens (tertiary/aromatic N) is 1. The molecule has 0 aromatic heterocycles. The van der Waals surface area contributed by atoms with E-state index in [9.17, 15) is 0 Å². The van der Waals surface area contributed by atoms with Crippen molar-refractivity contribution in [2.45, 2.75) is 11.9 Å². The molecular formula is C15H14BrCl2N. The molecule has 2 aromatic rings. The summed E-state index contributed by atoms with van der Waals surface area (Å²) in [6, 6.07) is 13.8. The third-order valence-electron chi connectivity index (χ3n) is 2.91. The summed E-state index contributed by atoms with van der Waals surface area (Å²) < 4.78 is 0. The molecule has 0 unspecified atom stereocenters. The summed E-state index contributed by atoms with van der Waals surface area (Å²) in [7, 11) is 2.05. The summed E-state index contributed by atoms with van der Waals surface area (Å²) in [6.07, 6.45) is 0. The van der Waals surface area contributed by atoms with Crippen molar-refractivity contribution in [1.82, 2.24) is 0 Å². The molecule has 2 aromatic carbocycles. The Morgan fingerprint density at radius 3 is 2.47 bits per heavy atom. The van der Waals surface area contributed by atoms with Gasteiger partial charge in [-0.15, -0.1) is 0 Å². The maximum absolute atomic E-state index is 6.08. The summed E-state index contributed by atoms with van der Waals surface area (Å²) in [4.78, 5) is 2.17. The fourth-order valence-electron chi connectivity index (χ4n) is 2.00. The van der Waals surface area contributed by atoms with E-state index in [-0.39, 0.29) is 0 Å². The lowest BCUT2D eigenvalue weighted by molar-refractivity contribution is 0.917. The highest BCUT2D eigenvalue weighted by Gasteiger charge is 2.08. The highest BCUT2D eigenvalue weighted by atomic mass is 79.9. The number of hydrogen-bond acceptors (Lipinski definition) is 1. The Hall–Kier alpha value is -0.700. The molecule has 1 nitrogen and oxygen atoms in total. The van der Waals surface area contributed by atoms with E-state index < -0.39 is 0 Å². The molecule has 0 fully saturated rings. The molecule has 0 atom stereocenters. The van der Waals surface area contributed by atoms with Gasteiger partial charge >= 0.3 is 0 Å². The molecule has 0 heterocycles. The third kappa shape index (κ3) is 3.88. The smallest absolute Gasteiger partial charge is 0.0426 e. The van der Waals surface area contributed by atoms with Crippen LogP contribution in [-0.2, 0) is 11.9 Å². The Bertz CT molecular complexity index is 572. The second-order valence-electron chi connectivity index (χ2n) is 4.39. The van der Waals surface area contributed by atoms with E-state index in [1.807, 2.05) is 36.4 Å². The van der Waals surface area contributed by atoms with Crippen molar-refractivity contribution in [2.24, 2.45) is 0 Å². The Kier molecular flexibility index (Phi) is 5.14. The number of benzene rings is 2. The Morgan fingerprint density at radius 2 is 1.79 bits per heavy atom. The van der Waals surface area contributed by atoms with Gasteiger partial charge in [-0.1, -0.05) is 57.3 Å². The predicted molar refractivity (Wildman–Crippen MR) is 87.6 cm³/mol. The topological polar surface area (TPSA) is 3.24 Å². The van der Waals surface area contributed by atoms with Crippen molar-refractivity contribution in [3.05, 3.63) is 63.6 Å². The molecular weight excluding hydrogens is 345 g/mol. The summed E-state index contributed by atoms with van der Waals surface area (Å²) in [6.45, 7) is 0.793. The van der Waals surface area contributed by atoms with E-state index in [1.165, 1.54) is 11.1 Å². The fourth-order valence-corrected chi connectivity index (χ4v) is 2.85. The minimum absolute atomic E-state index is 0.748. The standard InChI is InChI=1S/C15H14BrCl2N/c1-19(10-11-3-2-4-13(17)7-11)15-8-14(18)6-5-12(15)9-16/h2-8H,9-10H2,1H3. The first kappa shape index (κ1) is 14.7. The molecule has 0 saturated carbocycles. The summed E-state index contributed by atoms with van der Waals surface area (Å²) in [5.74, 6) is 0. The van der Waals surface area contributed by atoms with Crippen molar-refractivity contribution < 1.29 is 0 Å². The van der Waals surface area contributed by atoms with Crippen LogP contribution in [0.5, 0.6) is 0 Å². The van der Waals surface area contributed by atoms with Crippen molar-refractivity contribution in [3.63, 3.8) is 0 Å². The predicted octanol–water partition coefficient (Wildman–Crippen LogP) is 5.52. The molecule has 0 aliphatic rings. The van der Waals surface area contributed by atoms with Gasteiger partial charge in [0.2, 0.25) is 0 Å². The summed E-state index contributed by atoms with van der Waals surface area (Å²) >= 11 is 15.6. The normalized spacial score (nSPS) is 10.5. The van der Waals surface area contributed by atoms with Crippen molar-refractivity contribution in [1.29, 1.82) is 0 Å². The zero-order chi connectivity index (χ0) is 13.8. The molecule has 100 valence electrons. The van der Waals surface area contributed by atoms with E-state index in [0.29, 0.717) is 0 Å². The second kappa shape index (κ2) is 6.65. The minimum Gasteiger partial charge on any atom is -0.370 e. The van der Waals surface area contributed by atoms with Crippen LogP contribution >= 0.6 is 39.1 Å². The van der Waals surface area contributed by atoms with Crippen LogP contribution in [0, 0.1) is 0 Å². The average molecular weight is 359 g/mol. The van der Waals surface area contributed by atoms with Gasteiger partial charge in [0.25, 0.3) is 0 Å².